The third kappa shape index (κ3) is 5.33. The van der Waals surface area contributed by atoms with E-state index in [2.05, 4.69) is 19.2 Å². The van der Waals surface area contributed by atoms with Crippen molar-refractivity contribution >= 4 is 11.7 Å². The van der Waals surface area contributed by atoms with Crippen molar-refractivity contribution in [2.45, 2.75) is 26.7 Å². The zero-order chi connectivity index (χ0) is 16.5. The van der Waals surface area contributed by atoms with Crippen LogP contribution < -0.4 is 10.1 Å². The second-order valence-corrected chi connectivity index (χ2v) is 5.36. The number of amides is 2. The Bertz CT molecular complexity index is 591. The van der Waals surface area contributed by atoms with Gasteiger partial charge in [-0.1, -0.05) is 32.0 Å². The molecule has 2 aromatic rings. The average molecular weight is 312 g/mol. The average Bonchev–Trinajstić information content (AvgIpc) is 2.57. The normalized spacial score (nSPS) is 10.2. The van der Waals surface area contributed by atoms with E-state index in [1.807, 2.05) is 59.5 Å². The quantitative estimate of drug-likeness (QED) is 0.769. The molecule has 0 aliphatic heterocycles. The van der Waals surface area contributed by atoms with E-state index in [0.717, 1.165) is 43.1 Å². The predicted molar refractivity (Wildman–Crippen MR) is 94.1 cm³/mol. The summed E-state index contributed by atoms with van der Waals surface area (Å²) in [5.74, 6) is 1.54. The number of hydrogen-bond acceptors (Lipinski definition) is 2. The van der Waals surface area contributed by atoms with Crippen molar-refractivity contribution < 1.29 is 9.53 Å². The van der Waals surface area contributed by atoms with Crippen molar-refractivity contribution in [3.8, 4) is 11.5 Å². The van der Waals surface area contributed by atoms with Crippen LogP contribution in [0.4, 0.5) is 10.5 Å². The lowest BCUT2D eigenvalue weighted by atomic mass is 10.3. The molecule has 0 fully saturated rings. The molecule has 0 saturated carbocycles. The van der Waals surface area contributed by atoms with Gasteiger partial charge in [-0.05, 0) is 49.2 Å². The van der Waals surface area contributed by atoms with Gasteiger partial charge in [0.2, 0.25) is 0 Å². The molecule has 0 atom stereocenters. The number of carbonyl (C=O) groups excluding carboxylic acids is 1. The molecule has 0 aromatic heterocycles. The fourth-order valence-corrected chi connectivity index (χ4v) is 2.29. The topological polar surface area (TPSA) is 41.6 Å². The standard InChI is InChI=1S/C19H24N2O2/c1-3-14-21(15-4-2)19(22)20-16-10-12-18(13-11-16)23-17-8-6-5-7-9-17/h5-13H,3-4,14-15H2,1-2H3,(H,20,22). The highest BCUT2D eigenvalue weighted by molar-refractivity contribution is 5.89. The molecule has 0 unspecified atom stereocenters. The van der Waals surface area contributed by atoms with E-state index in [4.69, 9.17) is 4.74 Å². The molecule has 0 bridgehead atoms. The molecule has 0 heterocycles. The van der Waals surface area contributed by atoms with Gasteiger partial charge in [0.25, 0.3) is 0 Å². The van der Waals surface area contributed by atoms with E-state index in [-0.39, 0.29) is 6.03 Å². The summed E-state index contributed by atoms with van der Waals surface area (Å²) in [4.78, 5) is 14.1. The number of hydrogen-bond donors (Lipinski definition) is 1. The lowest BCUT2D eigenvalue weighted by Gasteiger charge is -2.21. The first kappa shape index (κ1) is 16.9. The van der Waals surface area contributed by atoms with Gasteiger partial charge >= 0.3 is 6.03 Å². The fourth-order valence-electron chi connectivity index (χ4n) is 2.29. The zero-order valence-corrected chi connectivity index (χ0v) is 13.8. The molecule has 2 amide bonds. The Kier molecular flexibility index (Phi) is 6.48. The lowest BCUT2D eigenvalue weighted by molar-refractivity contribution is 0.211. The Balaban J connectivity index is 1.95. The molecular weight excluding hydrogens is 288 g/mol. The second-order valence-electron chi connectivity index (χ2n) is 5.36. The van der Waals surface area contributed by atoms with Gasteiger partial charge in [0.1, 0.15) is 11.5 Å². The number of benzene rings is 2. The molecular formula is C19H24N2O2. The number of ether oxygens (including phenoxy) is 1. The number of carbonyl (C=O) groups is 1. The van der Waals surface area contributed by atoms with E-state index >= 15 is 0 Å². The predicted octanol–water partition coefficient (Wildman–Crippen LogP) is 5.13. The van der Waals surface area contributed by atoms with Crippen LogP contribution in [-0.4, -0.2) is 24.0 Å². The monoisotopic (exact) mass is 312 g/mol. The van der Waals surface area contributed by atoms with Crippen LogP contribution in [0.25, 0.3) is 0 Å². The van der Waals surface area contributed by atoms with Crippen LogP contribution in [0, 0.1) is 0 Å². The Hall–Kier alpha value is -2.49. The van der Waals surface area contributed by atoms with Crippen molar-refractivity contribution in [2.24, 2.45) is 0 Å². The van der Waals surface area contributed by atoms with Crippen LogP contribution in [0.2, 0.25) is 0 Å². The summed E-state index contributed by atoms with van der Waals surface area (Å²) in [5, 5.41) is 2.93. The summed E-state index contributed by atoms with van der Waals surface area (Å²) in [6, 6.07) is 17.0. The molecule has 0 radical (unpaired) electrons. The SMILES string of the molecule is CCCN(CCC)C(=O)Nc1ccc(Oc2ccccc2)cc1. The van der Waals surface area contributed by atoms with E-state index in [9.17, 15) is 4.79 Å². The number of nitrogens with one attached hydrogen (secondary N) is 1. The summed E-state index contributed by atoms with van der Waals surface area (Å²) < 4.78 is 5.74. The first-order chi connectivity index (χ1) is 11.2. The molecule has 1 N–H and O–H groups in total. The molecule has 2 rings (SSSR count). The van der Waals surface area contributed by atoms with Crippen LogP contribution in [0.1, 0.15) is 26.7 Å². The highest BCUT2D eigenvalue weighted by atomic mass is 16.5. The first-order valence-corrected chi connectivity index (χ1v) is 8.11. The van der Waals surface area contributed by atoms with Crippen LogP contribution in [-0.2, 0) is 0 Å². The Morgan fingerprint density at radius 3 is 2.04 bits per heavy atom. The summed E-state index contributed by atoms with van der Waals surface area (Å²) in [6.45, 7) is 5.70. The van der Waals surface area contributed by atoms with Gasteiger partial charge in [0, 0.05) is 18.8 Å². The van der Waals surface area contributed by atoms with Crippen LogP contribution in [0.15, 0.2) is 54.6 Å². The van der Waals surface area contributed by atoms with Crippen molar-refractivity contribution in [3.05, 3.63) is 54.6 Å². The van der Waals surface area contributed by atoms with E-state index in [1.54, 1.807) is 0 Å². The number of rotatable bonds is 7. The van der Waals surface area contributed by atoms with Crippen molar-refractivity contribution in [1.82, 2.24) is 4.90 Å². The molecule has 2 aromatic carbocycles. The van der Waals surface area contributed by atoms with E-state index < -0.39 is 0 Å². The Morgan fingerprint density at radius 1 is 0.913 bits per heavy atom. The maximum Gasteiger partial charge on any atom is 0.321 e. The number of anilines is 1. The minimum absolute atomic E-state index is 0.0505. The molecule has 23 heavy (non-hydrogen) atoms. The first-order valence-electron chi connectivity index (χ1n) is 8.11. The third-order valence-electron chi connectivity index (χ3n) is 3.36. The number of para-hydroxylation sites is 1. The minimum atomic E-state index is -0.0505. The second kappa shape index (κ2) is 8.83. The van der Waals surface area contributed by atoms with Crippen LogP contribution in [0.5, 0.6) is 11.5 Å². The largest absolute Gasteiger partial charge is 0.457 e. The summed E-state index contributed by atoms with van der Waals surface area (Å²) in [7, 11) is 0. The van der Waals surface area contributed by atoms with Crippen LogP contribution in [0.3, 0.4) is 0 Å². The summed E-state index contributed by atoms with van der Waals surface area (Å²) in [6.07, 6.45) is 1.91. The maximum absolute atomic E-state index is 12.3. The lowest BCUT2D eigenvalue weighted by Crippen LogP contribution is -2.36. The van der Waals surface area contributed by atoms with Crippen molar-refractivity contribution in [2.75, 3.05) is 18.4 Å². The molecule has 122 valence electrons. The highest BCUT2D eigenvalue weighted by Crippen LogP contribution is 2.22. The fraction of sp³-hybridized carbons (Fsp3) is 0.316. The van der Waals surface area contributed by atoms with Crippen molar-refractivity contribution in [1.29, 1.82) is 0 Å². The van der Waals surface area contributed by atoms with E-state index in [1.165, 1.54) is 0 Å². The van der Waals surface area contributed by atoms with Crippen molar-refractivity contribution in [3.63, 3.8) is 0 Å². The Morgan fingerprint density at radius 2 is 1.48 bits per heavy atom. The van der Waals surface area contributed by atoms with Gasteiger partial charge < -0.3 is 15.0 Å². The van der Waals surface area contributed by atoms with E-state index in [0.29, 0.717) is 0 Å². The maximum atomic E-state index is 12.3. The van der Waals surface area contributed by atoms with Crippen LogP contribution >= 0.6 is 0 Å². The van der Waals surface area contributed by atoms with Gasteiger partial charge in [0.15, 0.2) is 0 Å². The van der Waals surface area contributed by atoms with Gasteiger partial charge in [0.05, 0.1) is 0 Å². The Labute approximate surface area is 138 Å². The minimum Gasteiger partial charge on any atom is -0.457 e. The molecule has 4 heteroatoms. The summed E-state index contributed by atoms with van der Waals surface area (Å²) >= 11 is 0. The third-order valence-corrected chi connectivity index (χ3v) is 3.36. The molecule has 0 saturated heterocycles. The van der Waals surface area contributed by atoms with Gasteiger partial charge in [-0.25, -0.2) is 4.79 Å². The van der Waals surface area contributed by atoms with Gasteiger partial charge in [-0.3, -0.25) is 0 Å². The van der Waals surface area contributed by atoms with Gasteiger partial charge in [-0.2, -0.15) is 0 Å². The molecule has 0 aliphatic rings. The molecule has 4 nitrogen and oxygen atoms in total. The highest BCUT2D eigenvalue weighted by Gasteiger charge is 2.11. The summed E-state index contributed by atoms with van der Waals surface area (Å²) in [5.41, 5.74) is 0.771. The molecule has 0 spiro atoms. The smallest absolute Gasteiger partial charge is 0.321 e. The number of nitrogens with zero attached hydrogens (tertiary/aromatic N) is 1. The van der Waals surface area contributed by atoms with Gasteiger partial charge in [-0.15, -0.1) is 0 Å². The molecule has 0 aliphatic carbocycles. The zero-order valence-electron chi connectivity index (χ0n) is 13.8. The number of urea groups is 1.